The Morgan fingerprint density at radius 1 is 0.269 bits per heavy atom. The molecule has 0 aromatic carbocycles. The van der Waals surface area contributed by atoms with Crippen LogP contribution in [0.2, 0.25) is 0 Å². The third-order valence-corrected chi connectivity index (χ3v) is 14.0. The van der Waals surface area contributed by atoms with E-state index in [0.717, 1.165) is 116 Å². The van der Waals surface area contributed by atoms with Crippen LogP contribution in [0.5, 0.6) is 0 Å². The van der Waals surface area contributed by atoms with Gasteiger partial charge in [-0.05, 0) is 103 Å². The van der Waals surface area contributed by atoms with Crippen LogP contribution in [0.1, 0.15) is 310 Å². The number of rotatable bonds is 59. The smallest absolute Gasteiger partial charge is 0.306 e. The van der Waals surface area contributed by atoms with E-state index in [0.29, 0.717) is 19.3 Å². The monoisotopic (exact) mass is 1080 g/mol. The predicted molar refractivity (Wildman–Crippen MR) is 339 cm³/mol. The zero-order chi connectivity index (χ0) is 56.4. The van der Waals surface area contributed by atoms with Crippen molar-refractivity contribution in [1.29, 1.82) is 0 Å². The molecular formula is C72H122O6. The second kappa shape index (κ2) is 65.6. The standard InChI is InChI=1S/C72H122O6/c1-4-7-10-13-16-19-22-24-26-27-28-29-30-31-32-33-34-35-36-37-38-39-40-41-42-43-44-45-46-48-50-53-56-59-62-65-71(74)77-68-69(67-76-70(73)64-61-58-55-52-49-21-18-15-12-9-6-3)78-72(75)66-63-60-57-54-51-47-25-23-20-17-14-11-8-5-2/h7,10,15-16,18-19,24,26,28-29,31-32,34-35,37-38,40-41,69H,4-6,8-9,11-14,17,20-23,25,27,30,33,36,39,42-68H2,1-3H3/b10-7-,18-15-,19-16-,26-24-,29-28-,32-31-,35-34-,38-37-,41-40-. The second-order valence-corrected chi connectivity index (χ2v) is 21.6. The summed E-state index contributed by atoms with van der Waals surface area (Å²) in [4.78, 5) is 38.2. The van der Waals surface area contributed by atoms with Crippen LogP contribution in [0.25, 0.3) is 0 Å². The highest BCUT2D eigenvalue weighted by molar-refractivity contribution is 5.71. The maximum Gasteiger partial charge on any atom is 0.306 e. The molecule has 0 aliphatic rings. The van der Waals surface area contributed by atoms with E-state index in [1.165, 1.54) is 154 Å². The Morgan fingerprint density at radius 3 is 0.833 bits per heavy atom. The van der Waals surface area contributed by atoms with Crippen molar-refractivity contribution in [3.8, 4) is 0 Å². The normalized spacial score (nSPS) is 12.8. The van der Waals surface area contributed by atoms with Crippen molar-refractivity contribution in [2.45, 2.75) is 316 Å². The molecule has 6 heteroatoms. The Bertz CT molecular complexity index is 1570. The minimum atomic E-state index is -0.781. The molecule has 0 aromatic rings. The van der Waals surface area contributed by atoms with E-state index in [2.05, 4.69) is 130 Å². The van der Waals surface area contributed by atoms with Gasteiger partial charge in [0.1, 0.15) is 13.2 Å². The first-order valence-electron chi connectivity index (χ1n) is 32.9. The first-order valence-corrected chi connectivity index (χ1v) is 32.9. The number of unbranched alkanes of at least 4 members (excludes halogenated alkanes) is 30. The van der Waals surface area contributed by atoms with Gasteiger partial charge in [0, 0.05) is 19.3 Å². The van der Waals surface area contributed by atoms with E-state index in [1.807, 2.05) is 0 Å². The van der Waals surface area contributed by atoms with Crippen molar-refractivity contribution in [2.24, 2.45) is 0 Å². The quantitative estimate of drug-likeness (QED) is 0.0261. The summed E-state index contributed by atoms with van der Waals surface area (Å²) in [5.41, 5.74) is 0. The number of carbonyl (C=O) groups excluding carboxylic acids is 3. The molecule has 0 radical (unpaired) electrons. The first kappa shape index (κ1) is 74.1. The summed E-state index contributed by atoms with van der Waals surface area (Å²) in [6, 6.07) is 0. The van der Waals surface area contributed by atoms with Gasteiger partial charge in [-0.2, -0.15) is 0 Å². The molecule has 6 nitrogen and oxygen atoms in total. The molecule has 0 heterocycles. The van der Waals surface area contributed by atoms with Crippen LogP contribution >= 0.6 is 0 Å². The van der Waals surface area contributed by atoms with E-state index in [4.69, 9.17) is 14.2 Å². The van der Waals surface area contributed by atoms with Crippen molar-refractivity contribution >= 4 is 17.9 Å². The molecule has 0 rings (SSSR count). The lowest BCUT2D eigenvalue weighted by molar-refractivity contribution is -0.167. The van der Waals surface area contributed by atoms with E-state index < -0.39 is 6.10 Å². The number of hydrogen-bond acceptors (Lipinski definition) is 6. The molecule has 0 aliphatic heterocycles. The highest BCUT2D eigenvalue weighted by atomic mass is 16.6. The van der Waals surface area contributed by atoms with Crippen molar-refractivity contribution in [2.75, 3.05) is 13.2 Å². The molecule has 0 bridgehead atoms. The topological polar surface area (TPSA) is 78.9 Å². The van der Waals surface area contributed by atoms with Crippen LogP contribution in [0.3, 0.4) is 0 Å². The van der Waals surface area contributed by atoms with Crippen LogP contribution in [0.4, 0.5) is 0 Å². The fourth-order valence-electron chi connectivity index (χ4n) is 9.09. The number of carbonyl (C=O) groups is 3. The molecule has 0 saturated heterocycles. The van der Waals surface area contributed by atoms with Gasteiger partial charge in [-0.1, -0.05) is 297 Å². The lowest BCUT2D eigenvalue weighted by atomic mass is 10.0. The van der Waals surface area contributed by atoms with Gasteiger partial charge in [-0.15, -0.1) is 0 Å². The lowest BCUT2D eigenvalue weighted by Gasteiger charge is -2.18. The minimum absolute atomic E-state index is 0.0799. The van der Waals surface area contributed by atoms with Crippen molar-refractivity contribution in [1.82, 2.24) is 0 Å². The summed E-state index contributed by atoms with van der Waals surface area (Å²) in [6.45, 7) is 6.50. The molecule has 1 atom stereocenters. The highest BCUT2D eigenvalue weighted by Gasteiger charge is 2.19. The molecule has 0 aromatic heterocycles. The van der Waals surface area contributed by atoms with Crippen molar-refractivity contribution in [3.05, 3.63) is 109 Å². The minimum Gasteiger partial charge on any atom is -0.462 e. The van der Waals surface area contributed by atoms with Crippen molar-refractivity contribution in [3.63, 3.8) is 0 Å². The Labute approximate surface area is 482 Å². The van der Waals surface area contributed by atoms with Gasteiger partial charge in [0.2, 0.25) is 0 Å². The third-order valence-electron chi connectivity index (χ3n) is 14.0. The number of allylic oxidation sites excluding steroid dienone is 18. The molecule has 446 valence electrons. The third kappa shape index (κ3) is 62.9. The largest absolute Gasteiger partial charge is 0.462 e. The first-order chi connectivity index (χ1) is 38.5. The molecule has 78 heavy (non-hydrogen) atoms. The maximum atomic E-state index is 12.9. The highest BCUT2D eigenvalue weighted by Crippen LogP contribution is 2.16. The van der Waals surface area contributed by atoms with Crippen LogP contribution in [0, 0.1) is 0 Å². The second-order valence-electron chi connectivity index (χ2n) is 21.6. The van der Waals surface area contributed by atoms with Crippen LogP contribution in [0.15, 0.2) is 109 Å². The fourth-order valence-corrected chi connectivity index (χ4v) is 9.09. The SMILES string of the molecule is CC/C=C\C/C=C\C/C=C\C/C=C\C/C=C\C/C=C\C/C=C\C/C=C\CCCCCCCCCCCCC(=O)OCC(COC(=O)CCCCCCC/C=C\CCCC)OC(=O)CCCCCCCCCCCCCCCC. The van der Waals surface area contributed by atoms with E-state index in [1.54, 1.807) is 0 Å². The number of esters is 3. The molecular weight excluding hydrogens is 961 g/mol. The Kier molecular flexibility index (Phi) is 62.3. The molecule has 1 unspecified atom stereocenters. The predicted octanol–water partition coefficient (Wildman–Crippen LogP) is 22.6. The summed E-state index contributed by atoms with van der Waals surface area (Å²) >= 11 is 0. The average molecular weight is 1080 g/mol. The maximum absolute atomic E-state index is 12.9. The Morgan fingerprint density at radius 2 is 0.513 bits per heavy atom. The number of ether oxygens (including phenoxy) is 3. The zero-order valence-corrected chi connectivity index (χ0v) is 51.2. The van der Waals surface area contributed by atoms with E-state index in [-0.39, 0.29) is 31.1 Å². The Balaban J connectivity index is 4.16. The summed E-state index contributed by atoms with van der Waals surface area (Å²) in [7, 11) is 0. The molecule has 0 fully saturated rings. The summed E-state index contributed by atoms with van der Waals surface area (Å²) in [5, 5.41) is 0. The lowest BCUT2D eigenvalue weighted by Crippen LogP contribution is -2.30. The zero-order valence-electron chi connectivity index (χ0n) is 51.2. The molecule has 0 N–H and O–H groups in total. The van der Waals surface area contributed by atoms with Crippen LogP contribution in [-0.2, 0) is 28.6 Å². The summed E-state index contributed by atoms with van der Waals surface area (Å²) in [5.74, 6) is -0.884. The van der Waals surface area contributed by atoms with Gasteiger partial charge >= 0.3 is 17.9 Å². The van der Waals surface area contributed by atoms with Crippen LogP contribution < -0.4 is 0 Å². The van der Waals surface area contributed by atoms with Gasteiger partial charge in [0.05, 0.1) is 0 Å². The van der Waals surface area contributed by atoms with Gasteiger partial charge in [-0.25, -0.2) is 0 Å². The summed E-state index contributed by atoms with van der Waals surface area (Å²) in [6.07, 6.45) is 89.6. The van der Waals surface area contributed by atoms with Gasteiger partial charge in [-0.3, -0.25) is 14.4 Å². The average Bonchev–Trinajstić information content (AvgIpc) is 3.44. The molecule has 0 spiro atoms. The van der Waals surface area contributed by atoms with Gasteiger partial charge < -0.3 is 14.2 Å². The molecule has 0 aliphatic carbocycles. The molecule has 0 amide bonds. The van der Waals surface area contributed by atoms with Crippen LogP contribution in [-0.4, -0.2) is 37.2 Å². The van der Waals surface area contributed by atoms with Crippen molar-refractivity contribution < 1.29 is 28.6 Å². The number of hydrogen-bond donors (Lipinski definition) is 0. The van der Waals surface area contributed by atoms with Gasteiger partial charge in [0.15, 0.2) is 6.10 Å². The Hall–Kier alpha value is -3.93. The fraction of sp³-hybridized carbons (Fsp3) is 0.708. The molecule has 0 saturated carbocycles. The summed E-state index contributed by atoms with van der Waals surface area (Å²) < 4.78 is 16.9. The van der Waals surface area contributed by atoms with E-state index in [9.17, 15) is 14.4 Å². The van der Waals surface area contributed by atoms with Gasteiger partial charge in [0.25, 0.3) is 0 Å². The van der Waals surface area contributed by atoms with E-state index >= 15 is 0 Å².